The molecule has 140 valence electrons. The fourth-order valence-electron chi connectivity index (χ4n) is 3.13. The third kappa shape index (κ3) is 5.67. The van der Waals surface area contributed by atoms with Gasteiger partial charge in [0.05, 0.1) is 10.6 Å². The summed E-state index contributed by atoms with van der Waals surface area (Å²) in [7, 11) is 0. The Morgan fingerprint density at radius 2 is 1.62 bits per heavy atom. The highest BCUT2D eigenvalue weighted by molar-refractivity contribution is 6.31. The molecule has 0 saturated carbocycles. The van der Waals surface area contributed by atoms with E-state index in [4.69, 9.17) is 11.6 Å². The van der Waals surface area contributed by atoms with Gasteiger partial charge in [-0.05, 0) is 23.1 Å². The number of rotatable bonds is 2. The molecule has 2 rings (SSSR count). The van der Waals surface area contributed by atoms with Gasteiger partial charge in [0.1, 0.15) is 0 Å². The molecule has 8 heteroatoms. The first-order valence-electron chi connectivity index (χ1n) is 7.42. The van der Waals surface area contributed by atoms with Crippen LogP contribution >= 0.6 is 36.4 Å². The van der Waals surface area contributed by atoms with Crippen molar-refractivity contribution in [3.63, 3.8) is 0 Å². The summed E-state index contributed by atoms with van der Waals surface area (Å²) in [6.07, 6.45) is -4.43. The Bertz CT molecular complexity index is 524. The second kappa shape index (κ2) is 8.95. The van der Waals surface area contributed by atoms with Crippen molar-refractivity contribution in [2.24, 2.45) is 5.41 Å². The van der Waals surface area contributed by atoms with E-state index in [9.17, 15) is 13.2 Å². The molecule has 2 nitrogen and oxygen atoms in total. The molecule has 1 aliphatic rings. The normalized spacial score (nSPS) is 17.6. The van der Waals surface area contributed by atoms with Crippen molar-refractivity contribution in [1.82, 2.24) is 10.2 Å². The van der Waals surface area contributed by atoms with Gasteiger partial charge in [0, 0.05) is 32.2 Å². The van der Waals surface area contributed by atoms with E-state index in [0.717, 1.165) is 26.2 Å². The molecular weight excluding hydrogens is 384 g/mol. The predicted octanol–water partition coefficient (Wildman–Crippen LogP) is 5.19. The van der Waals surface area contributed by atoms with Gasteiger partial charge in [0.15, 0.2) is 0 Å². The fraction of sp³-hybridized carbons (Fsp3) is 0.625. The van der Waals surface area contributed by atoms with Crippen molar-refractivity contribution in [3.8, 4) is 0 Å². The fourth-order valence-corrected chi connectivity index (χ4v) is 3.35. The lowest BCUT2D eigenvalue weighted by Gasteiger charge is -2.42. The first-order chi connectivity index (χ1) is 10.1. The van der Waals surface area contributed by atoms with Gasteiger partial charge >= 0.3 is 6.18 Å². The van der Waals surface area contributed by atoms with Crippen LogP contribution < -0.4 is 5.32 Å². The molecule has 1 aliphatic heterocycles. The first-order valence-corrected chi connectivity index (χ1v) is 7.80. The van der Waals surface area contributed by atoms with E-state index in [1.165, 1.54) is 12.1 Å². The van der Waals surface area contributed by atoms with E-state index in [1.54, 1.807) is 6.07 Å². The number of nitrogens with zero attached hydrogens (tertiary/aromatic N) is 1. The van der Waals surface area contributed by atoms with E-state index in [1.807, 2.05) is 0 Å². The zero-order chi connectivity index (χ0) is 16.5. The number of alkyl halides is 3. The molecule has 1 aromatic carbocycles. The van der Waals surface area contributed by atoms with Crippen molar-refractivity contribution >= 4 is 36.4 Å². The Hall–Kier alpha value is -0.200. The van der Waals surface area contributed by atoms with Crippen LogP contribution in [0.1, 0.15) is 37.9 Å². The number of piperazine rings is 1. The molecular formula is C16H24Cl3F3N2. The van der Waals surface area contributed by atoms with Gasteiger partial charge in [0.2, 0.25) is 0 Å². The first kappa shape index (κ1) is 23.8. The van der Waals surface area contributed by atoms with E-state index >= 15 is 0 Å². The van der Waals surface area contributed by atoms with Crippen LogP contribution in [0.3, 0.4) is 0 Å². The number of hydrogen-bond acceptors (Lipinski definition) is 2. The molecule has 0 radical (unpaired) electrons. The van der Waals surface area contributed by atoms with Crippen molar-refractivity contribution < 1.29 is 13.2 Å². The monoisotopic (exact) mass is 406 g/mol. The van der Waals surface area contributed by atoms with Crippen LogP contribution in [0.15, 0.2) is 18.2 Å². The highest BCUT2D eigenvalue weighted by Crippen LogP contribution is 2.42. The molecule has 1 heterocycles. The molecule has 1 fully saturated rings. The summed E-state index contributed by atoms with van der Waals surface area (Å²) >= 11 is 5.74. The summed E-state index contributed by atoms with van der Waals surface area (Å²) in [5.41, 5.74) is -0.254. The lowest BCUT2D eigenvalue weighted by atomic mass is 9.80. The second-order valence-electron chi connectivity index (χ2n) is 6.79. The lowest BCUT2D eigenvalue weighted by molar-refractivity contribution is -0.137. The van der Waals surface area contributed by atoms with Gasteiger partial charge in [-0.25, -0.2) is 0 Å². The number of benzene rings is 1. The maximum absolute atomic E-state index is 13.1. The molecule has 1 saturated heterocycles. The summed E-state index contributed by atoms with van der Waals surface area (Å²) < 4.78 is 39.4. The summed E-state index contributed by atoms with van der Waals surface area (Å²) in [5, 5.41) is 3.03. The lowest BCUT2D eigenvalue weighted by Crippen LogP contribution is -2.48. The SMILES string of the molecule is CC(C)(C)[C@@H](c1ccc(Cl)c(C(F)(F)F)c1)N1CCNCC1.Cl.Cl. The molecule has 0 bridgehead atoms. The highest BCUT2D eigenvalue weighted by atomic mass is 35.5. The van der Waals surface area contributed by atoms with Crippen LogP contribution in [0.25, 0.3) is 0 Å². The Kier molecular flexibility index (Phi) is 8.87. The Balaban J connectivity index is 0.00000264. The van der Waals surface area contributed by atoms with Crippen molar-refractivity contribution in [2.75, 3.05) is 26.2 Å². The smallest absolute Gasteiger partial charge is 0.314 e. The minimum Gasteiger partial charge on any atom is -0.314 e. The van der Waals surface area contributed by atoms with Gasteiger partial charge in [-0.15, -0.1) is 24.8 Å². The molecule has 0 unspecified atom stereocenters. The summed E-state index contributed by atoms with van der Waals surface area (Å²) in [5.74, 6) is 0. The zero-order valence-electron chi connectivity index (χ0n) is 13.9. The molecule has 1 N–H and O–H groups in total. The third-order valence-corrected chi connectivity index (χ3v) is 4.28. The topological polar surface area (TPSA) is 15.3 Å². The third-order valence-electron chi connectivity index (χ3n) is 3.95. The summed E-state index contributed by atoms with van der Waals surface area (Å²) in [6.45, 7) is 9.53. The molecule has 0 aromatic heterocycles. The van der Waals surface area contributed by atoms with Gasteiger partial charge in [-0.2, -0.15) is 13.2 Å². The minimum absolute atomic E-state index is 0. The number of halogens is 6. The van der Waals surface area contributed by atoms with E-state index in [-0.39, 0.29) is 41.3 Å². The maximum Gasteiger partial charge on any atom is 0.417 e. The number of hydrogen-bond donors (Lipinski definition) is 1. The predicted molar refractivity (Wildman–Crippen MR) is 97.6 cm³/mol. The Labute approximate surface area is 158 Å². The van der Waals surface area contributed by atoms with Gasteiger partial charge < -0.3 is 5.32 Å². The molecule has 0 amide bonds. The van der Waals surface area contributed by atoms with Gasteiger partial charge in [-0.3, -0.25) is 4.90 Å². The molecule has 1 aromatic rings. The Morgan fingerprint density at radius 1 is 1.08 bits per heavy atom. The van der Waals surface area contributed by atoms with Crippen LogP contribution in [0.4, 0.5) is 13.2 Å². The molecule has 0 spiro atoms. The van der Waals surface area contributed by atoms with Crippen LogP contribution in [-0.4, -0.2) is 31.1 Å². The summed E-state index contributed by atoms with van der Waals surface area (Å²) in [4.78, 5) is 2.25. The highest BCUT2D eigenvalue weighted by Gasteiger charge is 2.37. The number of nitrogens with one attached hydrogen (secondary N) is 1. The maximum atomic E-state index is 13.1. The van der Waals surface area contributed by atoms with Crippen molar-refractivity contribution in [1.29, 1.82) is 0 Å². The van der Waals surface area contributed by atoms with E-state index < -0.39 is 11.7 Å². The van der Waals surface area contributed by atoms with E-state index in [2.05, 4.69) is 31.0 Å². The van der Waals surface area contributed by atoms with Crippen molar-refractivity contribution in [3.05, 3.63) is 34.3 Å². The van der Waals surface area contributed by atoms with Gasteiger partial charge in [0.25, 0.3) is 0 Å². The average Bonchev–Trinajstić information content (AvgIpc) is 2.39. The van der Waals surface area contributed by atoms with Crippen molar-refractivity contribution in [2.45, 2.75) is 33.0 Å². The zero-order valence-corrected chi connectivity index (χ0v) is 16.3. The minimum atomic E-state index is -4.43. The van der Waals surface area contributed by atoms with Crippen LogP contribution in [0, 0.1) is 5.41 Å². The second-order valence-corrected chi connectivity index (χ2v) is 7.20. The van der Waals surface area contributed by atoms with Crippen LogP contribution in [0.2, 0.25) is 5.02 Å². The Morgan fingerprint density at radius 3 is 2.08 bits per heavy atom. The molecule has 1 atom stereocenters. The van der Waals surface area contributed by atoms with E-state index in [0.29, 0.717) is 5.56 Å². The molecule has 0 aliphatic carbocycles. The van der Waals surface area contributed by atoms with Crippen LogP contribution in [0.5, 0.6) is 0 Å². The van der Waals surface area contributed by atoms with Crippen LogP contribution in [-0.2, 0) is 6.18 Å². The standard InChI is InChI=1S/C16H22ClF3N2.2ClH/c1-15(2,3)14(22-8-6-21-7-9-22)11-4-5-13(17)12(10-11)16(18,19)20;;/h4-5,10,14,21H,6-9H2,1-3H3;2*1H/t14-;;/m1../s1. The average molecular weight is 408 g/mol. The van der Waals surface area contributed by atoms with Gasteiger partial charge in [-0.1, -0.05) is 38.4 Å². The molecule has 24 heavy (non-hydrogen) atoms. The largest absolute Gasteiger partial charge is 0.417 e. The summed E-state index contributed by atoms with van der Waals surface area (Å²) in [6, 6.07) is 4.21. The quantitative estimate of drug-likeness (QED) is 0.725.